The van der Waals surface area contributed by atoms with Crippen LogP contribution in [-0.2, 0) is 15.6 Å². The van der Waals surface area contributed by atoms with E-state index in [1.54, 1.807) is 36.4 Å². The maximum absolute atomic E-state index is 12.7. The van der Waals surface area contributed by atoms with Gasteiger partial charge in [0, 0.05) is 5.56 Å². The molecule has 0 saturated heterocycles. The molecule has 0 fully saturated rings. The van der Waals surface area contributed by atoms with E-state index in [1.165, 1.54) is 11.1 Å². The van der Waals surface area contributed by atoms with Crippen molar-refractivity contribution in [1.82, 2.24) is 0 Å². The number of ether oxygens (including phenoxy) is 4. The molecular weight excluding hydrogens is 464 g/mol. The molecule has 1 unspecified atom stereocenters. The predicted molar refractivity (Wildman–Crippen MR) is 148 cm³/mol. The van der Waals surface area contributed by atoms with Gasteiger partial charge < -0.3 is 18.9 Å². The molecule has 3 aromatic rings. The summed E-state index contributed by atoms with van der Waals surface area (Å²) < 4.78 is 23.3. The van der Waals surface area contributed by atoms with Gasteiger partial charge in [0.1, 0.15) is 22.8 Å². The molecule has 0 N–H and O–H groups in total. The molecule has 3 aromatic carbocycles. The normalized spacial score (nSPS) is 12.6. The summed E-state index contributed by atoms with van der Waals surface area (Å²) in [4.78, 5) is 12.7. The number of carbonyl (C=O) groups is 1. The lowest BCUT2D eigenvalue weighted by molar-refractivity contribution is -0.117. The van der Waals surface area contributed by atoms with Crippen molar-refractivity contribution in [3.63, 3.8) is 0 Å². The Labute approximate surface area is 221 Å². The van der Waals surface area contributed by atoms with E-state index in [1.807, 2.05) is 25.1 Å². The lowest BCUT2D eigenvalue weighted by atomic mass is 9.76. The summed E-state index contributed by atoms with van der Waals surface area (Å²) in [6.07, 6.45) is 1.48. The number of benzene rings is 3. The monoisotopic (exact) mass is 504 g/mol. The zero-order valence-electron chi connectivity index (χ0n) is 23.2. The average Bonchev–Trinajstić information content (AvgIpc) is 2.89. The van der Waals surface area contributed by atoms with Gasteiger partial charge in [0.2, 0.25) is 6.29 Å². The average molecular weight is 505 g/mol. The fourth-order valence-corrected chi connectivity index (χ4v) is 3.80. The molecule has 0 bridgehead atoms. The summed E-state index contributed by atoms with van der Waals surface area (Å²) in [6, 6.07) is 22.4. The third-order valence-electron chi connectivity index (χ3n) is 7.13. The quantitative estimate of drug-likeness (QED) is 0.142. The van der Waals surface area contributed by atoms with Crippen LogP contribution in [0.4, 0.5) is 0 Å². The second kappa shape index (κ2) is 12.3. The molecule has 37 heavy (non-hydrogen) atoms. The van der Waals surface area contributed by atoms with Crippen molar-refractivity contribution >= 4 is 5.97 Å². The van der Waals surface area contributed by atoms with Crippen LogP contribution in [0.15, 0.2) is 72.8 Å². The molecule has 0 heterocycles. The van der Waals surface area contributed by atoms with Crippen LogP contribution in [0.3, 0.4) is 0 Å². The van der Waals surface area contributed by atoms with Crippen molar-refractivity contribution in [2.75, 3.05) is 6.79 Å². The number of esters is 1. The van der Waals surface area contributed by atoms with Gasteiger partial charge in [0.15, 0.2) is 6.79 Å². The summed E-state index contributed by atoms with van der Waals surface area (Å²) in [5.74, 6) is 1.17. The molecule has 3 rings (SSSR count). The van der Waals surface area contributed by atoms with Gasteiger partial charge in [-0.1, -0.05) is 84.0 Å². The molecule has 0 aromatic heterocycles. The molecule has 0 spiro atoms. The molecule has 0 saturated carbocycles. The van der Waals surface area contributed by atoms with E-state index in [9.17, 15) is 4.79 Å². The molecule has 0 aliphatic heterocycles. The highest BCUT2D eigenvalue weighted by Crippen LogP contribution is 2.38. The molecule has 198 valence electrons. The molecule has 5 heteroatoms. The Hall–Kier alpha value is -3.31. The predicted octanol–water partition coefficient (Wildman–Crippen LogP) is 8.06. The molecule has 5 nitrogen and oxygen atoms in total. The summed E-state index contributed by atoms with van der Waals surface area (Å²) in [5.41, 5.74) is 2.82. The Bertz CT molecular complexity index is 1170. The van der Waals surface area contributed by atoms with Crippen LogP contribution < -0.4 is 14.2 Å². The Morgan fingerprint density at radius 1 is 0.811 bits per heavy atom. The van der Waals surface area contributed by atoms with E-state index in [4.69, 9.17) is 18.9 Å². The lowest BCUT2D eigenvalue weighted by Gasteiger charge is -2.31. The van der Waals surface area contributed by atoms with Crippen LogP contribution in [0.5, 0.6) is 17.2 Å². The van der Waals surface area contributed by atoms with Crippen molar-refractivity contribution < 1.29 is 23.7 Å². The van der Waals surface area contributed by atoms with Gasteiger partial charge in [0.25, 0.3) is 0 Å². The highest BCUT2D eigenvalue weighted by molar-refractivity contribution is 5.93. The first kappa shape index (κ1) is 28.3. The van der Waals surface area contributed by atoms with Gasteiger partial charge in [-0.15, -0.1) is 0 Å². The highest BCUT2D eigenvalue weighted by Gasteiger charge is 2.27. The van der Waals surface area contributed by atoms with Gasteiger partial charge in [-0.2, -0.15) is 0 Å². The molecule has 0 aliphatic rings. The number of para-hydroxylation sites is 2. The van der Waals surface area contributed by atoms with E-state index in [2.05, 4.69) is 59.7 Å². The maximum Gasteiger partial charge on any atom is 0.347 e. The van der Waals surface area contributed by atoms with Crippen LogP contribution in [0.2, 0.25) is 0 Å². The Morgan fingerprint density at radius 3 is 2.14 bits per heavy atom. The van der Waals surface area contributed by atoms with Crippen molar-refractivity contribution in [2.45, 2.75) is 78.4 Å². The van der Waals surface area contributed by atoms with Crippen LogP contribution in [0, 0.1) is 0 Å². The Morgan fingerprint density at radius 2 is 1.46 bits per heavy atom. The van der Waals surface area contributed by atoms with Crippen molar-refractivity contribution in [3.05, 3.63) is 89.5 Å². The lowest BCUT2D eigenvalue weighted by Crippen LogP contribution is -2.24. The number of hydrogen-bond donors (Lipinski definition) is 0. The molecule has 0 aliphatic carbocycles. The minimum Gasteiger partial charge on any atom is -0.466 e. The first-order valence-electron chi connectivity index (χ1n) is 13.0. The summed E-state index contributed by atoms with van der Waals surface area (Å²) >= 11 is 0. The number of carbonyl (C=O) groups excluding carboxylic acids is 1. The summed E-state index contributed by atoms with van der Waals surface area (Å²) in [7, 11) is 0. The van der Waals surface area contributed by atoms with Gasteiger partial charge in [-0.05, 0) is 66.5 Å². The van der Waals surface area contributed by atoms with E-state index in [-0.39, 0.29) is 17.6 Å². The topological polar surface area (TPSA) is 54.0 Å². The van der Waals surface area contributed by atoms with Gasteiger partial charge in [0.05, 0.1) is 0 Å². The molecular formula is C32H40O5. The summed E-state index contributed by atoms with van der Waals surface area (Å²) in [5, 5.41) is 0. The number of rotatable bonds is 12. The number of hydrogen-bond acceptors (Lipinski definition) is 5. The van der Waals surface area contributed by atoms with Gasteiger partial charge in [-0.3, -0.25) is 0 Å². The smallest absolute Gasteiger partial charge is 0.347 e. The van der Waals surface area contributed by atoms with Crippen LogP contribution in [-0.4, -0.2) is 19.1 Å². The van der Waals surface area contributed by atoms with Crippen molar-refractivity contribution in [2.24, 2.45) is 0 Å². The largest absolute Gasteiger partial charge is 0.466 e. The zero-order valence-corrected chi connectivity index (χ0v) is 23.2. The van der Waals surface area contributed by atoms with Crippen LogP contribution in [0.1, 0.15) is 82.8 Å². The first-order chi connectivity index (χ1) is 17.6. The van der Waals surface area contributed by atoms with E-state index >= 15 is 0 Å². The Kier molecular flexibility index (Phi) is 9.39. The zero-order chi connectivity index (χ0) is 27.1. The molecule has 0 radical (unpaired) electrons. The van der Waals surface area contributed by atoms with Crippen molar-refractivity contribution in [1.29, 1.82) is 0 Å². The van der Waals surface area contributed by atoms with Gasteiger partial charge in [-0.25, -0.2) is 4.79 Å². The third kappa shape index (κ3) is 7.36. The second-order valence-electron chi connectivity index (χ2n) is 10.5. The van der Waals surface area contributed by atoms with E-state index in [0.29, 0.717) is 17.1 Å². The fourth-order valence-electron chi connectivity index (χ4n) is 3.80. The minimum atomic E-state index is -0.556. The fraction of sp³-hybridized carbons (Fsp3) is 0.406. The summed E-state index contributed by atoms with van der Waals surface area (Å²) in [6.45, 7) is 15.2. The van der Waals surface area contributed by atoms with Crippen molar-refractivity contribution in [3.8, 4) is 17.2 Å². The van der Waals surface area contributed by atoms with E-state index < -0.39 is 12.3 Å². The SMILES string of the molecule is CCC(C)(C)c1ccc(OC(C)OCOc2ccccc2C(=O)Oc2ccccc2)c(C(C)(C)CC)c1. The maximum atomic E-state index is 12.7. The standard InChI is InChI=1S/C32H40O5/c1-8-31(4,5)24-19-20-29(27(21-24)32(6,7)9-2)36-23(3)34-22-35-28-18-14-13-17-26(28)30(33)37-25-15-11-10-12-16-25/h10-21,23H,8-9,22H2,1-7H3. The first-order valence-corrected chi connectivity index (χ1v) is 13.0. The van der Waals surface area contributed by atoms with E-state index in [0.717, 1.165) is 18.6 Å². The Balaban J connectivity index is 1.67. The highest BCUT2D eigenvalue weighted by atomic mass is 16.7. The van der Waals surface area contributed by atoms with Crippen LogP contribution >= 0.6 is 0 Å². The second-order valence-corrected chi connectivity index (χ2v) is 10.5. The minimum absolute atomic E-state index is 0.0521. The van der Waals surface area contributed by atoms with Gasteiger partial charge >= 0.3 is 5.97 Å². The third-order valence-corrected chi connectivity index (χ3v) is 7.13. The molecule has 1 atom stereocenters. The molecule has 0 amide bonds. The van der Waals surface area contributed by atoms with Crippen LogP contribution in [0.25, 0.3) is 0 Å².